The highest BCUT2D eigenvalue weighted by Crippen LogP contribution is 2.16. The van der Waals surface area contributed by atoms with Gasteiger partial charge in [0.05, 0.1) is 0 Å². The molecule has 0 amide bonds. The molecule has 0 saturated carbocycles. The molecule has 1 unspecified atom stereocenters. The predicted octanol–water partition coefficient (Wildman–Crippen LogP) is 3.88. The van der Waals surface area contributed by atoms with Crippen LogP contribution >= 0.6 is 0 Å². The maximum atomic E-state index is 3.69. The van der Waals surface area contributed by atoms with Gasteiger partial charge in [-0.25, -0.2) is 0 Å². The van der Waals surface area contributed by atoms with Crippen LogP contribution in [0.15, 0.2) is 24.3 Å². The molecule has 0 bridgehead atoms. The second kappa shape index (κ2) is 9.15. The van der Waals surface area contributed by atoms with Crippen LogP contribution in [-0.2, 0) is 6.42 Å². The Kier molecular flexibility index (Phi) is 7.86. The van der Waals surface area contributed by atoms with Crippen LogP contribution in [0.25, 0.3) is 0 Å². The number of hydrogen-bond donors (Lipinski definition) is 1. The third-order valence-electron chi connectivity index (χ3n) is 3.60. The van der Waals surface area contributed by atoms with Crippen LogP contribution in [0.2, 0.25) is 0 Å². The Morgan fingerprint density at radius 2 is 1.70 bits per heavy atom. The second-order valence-electron chi connectivity index (χ2n) is 6.22. The molecule has 0 aromatic heterocycles. The SMILES string of the molecule is CCCNC(CN(C)CC(C)C)c1ccc(CC)cc1. The highest BCUT2D eigenvalue weighted by molar-refractivity contribution is 5.25. The van der Waals surface area contributed by atoms with Crippen LogP contribution in [0.3, 0.4) is 0 Å². The van der Waals surface area contributed by atoms with Crippen LogP contribution in [0.1, 0.15) is 51.3 Å². The molecule has 0 heterocycles. The van der Waals surface area contributed by atoms with Crippen molar-refractivity contribution in [3.8, 4) is 0 Å². The zero-order chi connectivity index (χ0) is 15.0. The van der Waals surface area contributed by atoms with Crippen molar-refractivity contribution in [2.24, 2.45) is 5.92 Å². The Bertz CT molecular complexity index is 356. The predicted molar refractivity (Wildman–Crippen MR) is 89.2 cm³/mol. The fourth-order valence-electron chi connectivity index (χ4n) is 2.60. The lowest BCUT2D eigenvalue weighted by atomic mass is 10.0. The molecule has 2 nitrogen and oxygen atoms in total. The zero-order valence-corrected chi connectivity index (χ0v) is 13.9. The van der Waals surface area contributed by atoms with Crippen molar-refractivity contribution in [3.05, 3.63) is 35.4 Å². The molecule has 20 heavy (non-hydrogen) atoms. The first kappa shape index (κ1) is 17.2. The average Bonchev–Trinajstić information content (AvgIpc) is 2.42. The minimum atomic E-state index is 0.435. The molecule has 114 valence electrons. The van der Waals surface area contributed by atoms with E-state index >= 15 is 0 Å². The minimum Gasteiger partial charge on any atom is -0.309 e. The van der Waals surface area contributed by atoms with E-state index in [1.807, 2.05) is 0 Å². The number of benzene rings is 1. The Labute approximate surface area is 125 Å². The molecule has 0 radical (unpaired) electrons. The topological polar surface area (TPSA) is 15.3 Å². The third-order valence-corrected chi connectivity index (χ3v) is 3.60. The largest absolute Gasteiger partial charge is 0.309 e. The summed E-state index contributed by atoms with van der Waals surface area (Å²) in [6.45, 7) is 12.3. The van der Waals surface area contributed by atoms with E-state index in [4.69, 9.17) is 0 Å². The lowest BCUT2D eigenvalue weighted by Gasteiger charge is -2.26. The van der Waals surface area contributed by atoms with Gasteiger partial charge in [-0.1, -0.05) is 52.0 Å². The van der Waals surface area contributed by atoms with Gasteiger partial charge in [-0.15, -0.1) is 0 Å². The Morgan fingerprint density at radius 1 is 1.05 bits per heavy atom. The van der Waals surface area contributed by atoms with Crippen LogP contribution in [0.5, 0.6) is 0 Å². The van der Waals surface area contributed by atoms with Gasteiger partial charge in [-0.2, -0.15) is 0 Å². The summed E-state index contributed by atoms with van der Waals surface area (Å²) in [4.78, 5) is 2.44. The summed E-state index contributed by atoms with van der Waals surface area (Å²) in [5.41, 5.74) is 2.82. The van der Waals surface area contributed by atoms with Gasteiger partial charge >= 0.3 is 0 Å². The first-order valence-electron chi connectivity index (χ1n) is 8.07. The fraction of sp³-hybridized carbons (Fsp3) is 0.667. The van der Waals surface area contributed by atoms with Gasteiger partial charge in [0.2, 0.25) is 0 Å². The Morgan fingerprint density at radius 3 is 2.20 bits per heavy atom. The highest BCUT2D eigenvalue weighted by Gasteiger charge is 2.13. The maximum absolute atomic E-state index is 3.69. The molecule has 1 atom stereocenters. The van der Waals surface area contributed by atoms with E-state index in [0.29, 0.717) is 12.0 Å². The molecule has 0 saturated heterocycles. The molecule has 0 spiro atoms. The van der Waals surface area contributed by atoms with Gasteiger partial charge in [0.1, 0.15) is 0 Å². The van der Waals surface area contributed by atoms with E-state index in [1.54, 1.807) is 0 Å². The van der Waals surface area contributed by atoms with Gasteiger partial charge in [0, 0.05) is 19.1 Å². The van der Waals surface area contributed by atoms with Crippen LogP contribution in [0, 0.1) is 5.92 Å². The molecule has 1 N–H and O–H groups in total. The second-order valence-corrected chi connectivity index (χ2v) is 6.22. The smallest absolute Gasteiger partial charge is 0.0449 e. The maximum Gasteiger partial charge on any atom is 0.0449 e. The summed E-state index contributed by atoms with van der Waals surface area (Å²) in [6, 6.07) is 9.53. The van der Waals surface area contributed by atoms with Crippen LogP contribution in [-0.4, -0.2) is 31.6 Å². The molecule has 1 rings (SSSR count). The van der Waals surface area contributed by atoms with Crippen molar-refractivity contribution in [2.75, 3.05) is 26.7 Å². The molecular formula is C18H32N2. The van der Waals surface area contributed by atoms with Crippen molar-refractivity contribution in [3.63, 3.8) is 0 Å². The number of aryl methyl sites for hydroxylation is 1. The average molecular weight is 276 g/mol. The third kappa shape index (κ3) is 6.06. The van der Waals surface area contributed by atoms with E-state index in [9.17, 15) is 0 Å². The van der Waals surface area contributed by atoms with Crippen molar-refractivity contribution in [1.82, 2.24) is 10.2 Å². The molecule has 1 aromatic rings. The van der Waals surface area contributed by atoms with Gasteiger partial charge in [0.25, 0.3) is 0 Å². The van der Waals surface area contributed by atoms with Gasteiger partial charge in [0.15, 0.2) is 0 Å². The number of rotatable bonds is 9. The van der Waals surface area contributed by atoms with Crippen LogP contribution < -0.4 is 5.32 Å². The van der Waals surface area contributed by atoms with E-state index in [2.05, 4.69) is 69.2 Å². The first-order valence-corrected chi connectivity index (χ1v) is 8.07. The van der Waals surface area contributed by atoms with Crippen molar-refractivity contribution in [2.45, 2.75) is 46.6 Å². The van der Waals surface area contributed by atoms with Gasteiger partial charge in [-0.3, -0.25) is 0 Å². The van der Waals surface area contributed by atoms with E-state index in [0.717, 1.165) is 26.1 Å². The lowest BCUT2D eigenvalue weighted by Crippen LogP contribution is -2.35. The summed E-state index contributed by atoms with van der Waals surface area (Å²) < 4.78 is 0. The van der Waals surface area contributed by atoms with Gasteiger partial charge < -0.3 is 10.2 Å². The Balaban J connectivity index is 2.71. The van der Waals surface area contributed by atoms with E-state index < -0.39 is 0 Å². The normalized spacial score (nSPS) is 13.2. The summed E-state index contributed by atoms with van der Waals surface area (Å²) in [7, 11) is 2.22. The lowest BCUT2D eigenvalue weighted by molar-refractivity contribution is 0.262. The van der Waals surface area contributed by atoms with Gasteiger partial charge in [-0.05, 0) is 43.5 Å². The molecule has 0 aliphatic carbocycles. The summed E-state index contributed by atoms with van der Waals surface area (Å²) >= 11 is 0. The number of nitrogens with one attached hydrogen (secondary N) is 1. The summed E-state index contributed by atoms with van der Waals surface area (Å²) in [5, 5.41) is 3.69. The van der Waals surface area contributed by atoms with Crippen molar-refractivity contribution in [1.29, 1.82) is 0 Å². The fourth-order valence-corrected chi connectivity index (χ4v) is 2.60. The Hall–Kier alpha value is -0.860. The van der Waals surface area contributed by atoms with Crippen molar-refractivity contribution < 1.29 is 0 Å². The molecule has 2 heteroatoms. The minimum absolute atomic E-state index is 0.435. The number of likely N-dealkylation sites (N-methyl/N-ethyl adjacent to an activating group) is 1. The summed E-state index contributed by atoms with van der Waals surface area (Å²) in [5.74, 6) is 0.717. The molecular weight excluding hydrogens is 244 g/mol. The molecule has 0 fully saturated rings. The first-order chi connectivity index (χ1) is 9.56. The monoisotopic (exact) mass is 276 g/mol. The zero-order valence-electron chi connectivity index (χ0n) is 13.9. The summed E-state index contributed by atoms with van der Waals surface area (Å²) in [6.07, 6.45) is 2.29. The van der Waals surface area contributed by atoms with Crippen LogP contribution in [0.4, 0.5) is 0 Å². The standard InChI is InChI=1S/C18H32N2/c1-6-12-19-18(14-20(5)13-15(3)4)17-10-8-16(7-2)9-11-17/h8-11,15,18-19H,6-7,12-14H2,1-5H3. The molecule has 0 aliphatic rings. The van der Waals surface area contributed by atoms with Crippen molar-refractivity contribution >= 4 is 0 Å². The number of nitrogens with zero attached hydrogens (tertiary/aromatic N) is 1. The van der Waals surface area contributed by atoms with E-state index in [1.165, 1.54) is 17.5 Å². The quantitative estimate of drug-likeness (QED) is 0.736. The highest BCUT2D eigenvalue weighted by atomic mass is 15.1. The van der Waals surface area contributed by atoms with E-state index in [-0.39, 0.29) is 0 Å². The molecule has 1 aromatic carbocycles. The molecule has 0 aliphatic heterocycles. The number of hydrogen-bond acceptors (Lipinski definition) is 2.